The fourth-order valence-electron chi connectivity index (χ4n) is 12.2. The Labute approximate surface area is 445 Å². The number of nitriles is 4. The van der Waals surface area contributed by atoms with Crippen LogP contribution in [0, 0.1) is 45.3 Å². The molecule has 0 bridgehead atoms. The molecule has 0 aliphatic carbocycles. The Morgan fingerprint density at radius 1 is 0.269 bits per heavy atom. The van der Waals surface area contributed by atoms with Gasteiger partial charge >= 0.3 is 0 Å². The standard InChI is InChI=1S/C69H37N9/c70-38-45-34-46(39-71)66(37-65(45)75-57-24-10-4-18-47(57)48-19-5-11-25-58(48)75)76-59-26-12-8-22-51(59)53-35-43(30-32-63(53)76)44-31-33-64-54(36-44)52-23-9-15-29-62(52)78(64)69-56(41-73)67(42-16-2-1-3-17-42)55(40-72)68(74-69)77-60-27-13-6-20-49(60)50-21-7-14-28-61(50)77/h1-37H. The first kappa shape index (κ1) is 44.0. The third kappa shape index (κ3) is 6.22. The van der Waals surface area contributed by atoms with Crippen molar-refractivity contribution in [2.24, 2.45) is 0 Å². The molecule has 9 heteroatoms. The largest absolute Gasteiger partial charge is 0.308 e. The lowest BCUT2D eigenvalue weighted by Crippen LogP contribution is -2.11. The summed E-state index contributed by atoms with van der Waals surface area (Å²) in [5.41, 5.74) is 13.3. The van der Waals surface area contributed by atoms with Crippen molar-refractivity contribution < 1.29 is 0 Å². The number of para-hydroxylation sites is 6. The first-order valence-electron chi connectivity index (χ1n) is 25.5. The number of aromatic nitrogens is 5. The van der Waals surface area contributed by atoms with Crippen molar-refractivity contribution in [2.75, 3.05) is 0 Å². The van der Waals surface area contributed by atoms with Crippen molar-refractivity contribution in [3.63, 3.8) is 0 Å². The van der Waals surface area contributed by atoms with Crippen LogP contribution in [-0.2, 0) is 0 Å². The number of hydrogen-bond acceptors (Lipinski definition) is 5. The zero-order valence-electron chi connectivity index (χ0n) is 41.4. The molecule has 0 saturated carbocycles. The fourth-order valence-corrected chi connectivity index (χ4v) is 12.2. The minimum atomic E-state index is 0.292. The summed E-state index contributed by atoms with van der Waals surface area (Å²) in [5.74, 6) is 0.852. The lowest BCUT2D eigenvalue weighted by Gasteiger charge is -2.19. The molecule has 5 aromatic heterocycles. The van der Waals surface area contributed by atoms with E-state index in [1.807, 2.05) is 109 Å². The summed E-state index contributed by atoms with van der Waals surface area (Å²) < 4.78 is 8.43. The van der Waals surface area contributed by atoms with Gasteiger partial charge in [0.2, 0.25) is 0 Å². The number of nitrogens with zero attached hydrogens (tertiary/aromatic N) is 9. The second-order valence-electron chi connectivity index (χ2n) is 19.5. The monoisotopic (exact) mass is 991 g/mol. The SMILES string of the molecule is N#Cc1cc(C#N)c(-n2c3ccccc3c3cc(-c4ccc5c(c4)c4ccccc4n5-c4nc(-n5c6ccccc6c6ccccc65)c(C#N)c(-c5ccccc5)c4C#N)ccc32)cc1-n1c2ccccc2c2ccccc21. The van der Waals surface area contributed by atoms with Crippen molar-refractivity contribution in [1.82, 2.24) is 23.3 Å². The molecule has 0 fully saturated rings. The van der Waals surface area contributed by atoms with Crippen LogP contribution >= 0.6 is 0 Å². The van der Waals surface area contributed by atoms with E-state index in [9.17, 15) is 21.0 Å². The van der Waals surface area contributed by atoms with E-state index in [2.05, 4.69) is 152 Å². The molecular weight excluding hydrogens is 955 g/mol. The van der Waals surface area contributed by atoms with E-state index in [0.29, 0.717) is 50.8 Å². The minimum Gasteiger partial charge on any atom is -0.308 e. The van der Waals surface area contributed by atoms with Crippen LogP contribution in [0.1, 0.15) is 22.3 Å². The molecule has 15 rings (SSSR count). The molecule has 0 amide bonds. The topological polar surface area (TPSA) is 128 Å². The predicted octanol–water partition coefficient (Wildman–Crippen LogP) is 16.3. The summed E-state index contributed by atoms with van der Waals surface area (Å²) in [4.78, 5) is 5.47. The van der Waals surface area contributed by atoms with Gasteiger partial charge in [0.1, 0.15) is 35.4 Å². The van der Waals surface area contributed by atoms with Gasteiger partial charge < -0.3 is 9.13 Å². The van der Waals surface area contributed by atoms with E-state index in [1.165, 1.54) is 0 Å². The zero-order valence-corrected chi connectivity index (χ0v) is 41.4. The number of rotatable bonds is 6. The van der Waals surface area contributed by atoms with Crippen LogP contribution < -0.4 is 0 Å². The van der Waals surface area contributed by atoms with Gasteiger partial charge in [-0.25, -0.2) is 4.98 Å². The number of pyridine rings is 1. The lowest BCUT2D eigenvalue weighted by atomic mass is 9.95. The third-order valence-electron chi connectivity index (χ3n) is 15.5. The summed E-state index contributed by atoms with van der Waals surface area (Å²) in [6.07, 6.45) is 0. The van der Waals surface area contributed by atoms with Crippen molar-refractivity contribution >= 4 is 87.2 Å². The van der Waals surface area contributed by atoms with Gasteiger partial charge in [-0.3, -0.25) is 9.13 Å². The molecular formula is C69H37N9. The Kier molecular flexibility index (Phi) is 9.62. The highest BCUT2D eigenvalue weighted by Gasteiger charge is 2.28. The van der Waals surface area contributed by atoms with Crippen LogP contribution in [-0.4, -0.2) is 23.3 Å². The van der Waals surface area contributed by atoms with Crippen LogP contribution in [0.4, 0.5) is 0 Å². The van der Waals surface area contributed by atoms with E-state index in [0.717, 1.165) is 104 Å². The van der Waals surface area contributed by atoms with Gasteiger partial charge in [0, 0.05) is 48.7 Å². The zero-order chi connectivity index (χ0) is 52.2. The normalized spacial score (nSPS) is 11.5. The van der Waals surface area contributed by atoms with E-state index < -0.39 is 0 Å². The molecule has 10 aromatic carbocycles. The van der Waals surface area contributed by atoms with E-state index in [1.54, 1.807) is 6.07 Å². The average molecular weight is 992 g/mol. The molecule has 358 valence electrons. The van der Waals surface area contributed by atoms with Crippen molar-refractivity contribution in [3.05, 3.63) is 247 Å². The van der Waals surface area contributed by atoms with E-state index in [4.69, 9.17) is 4.98 Å². The molecule has 0 aliphatic rings. The van der Waals surface area contributed by atoms with E-state index in [-0.39, 0.29) is 0 Å². The van der Waals surface area contributed by atoms with Gasteiger partial charge in [0.25, 0.3) is 0 Å². The minimum absolute atomic E-state index is 0.292. The quantitative estimate of drug-likeness (QED) is 0.164. The van der Waals surface area contributed by atoms with Crippen molar-refractivity contribution in [1.29, 1.82) is 21.0 Å². The number of benzene rings is 10. The summed E-state index contributed by atoms with van der Waals surface area (Å²) in [6, 6.07) is 85.4. The molecule has 15 aromatic rings. The molecule has 0 radical (unpaired) electrons. The van der Waals surface area contributed by atoms with Crippen LogP contribution in [0.25, 0.3) is 132 Å². The Balaban J connectivity index is 0.940. The molecule has 5 heterocycles. The molecule has 0 spiro atoms. The summed E-state index contributed by atoms with van der Waals surface area (Å²) in [5, 5.41) is 52.2. The van der Waals surface area contributed by atoms with Gasteiger partial charge in [-0.2, -0.15) is 21.0 Å². The summed E-state index contributed by atoms with van der Waals surface area (Å²) in [7, 11) is 0. The smallest absolute Gasteiger partial charge is 0.158 e. The third-order valence-corrected chi connectivity index (χ3v) is 15.5. The maximum atomic E-state index is 11.4. The molecule has 0 atom stereocenters. The Hall–Kier alpha value is -11.5. The molecule has 78 heavy (non-hydrogen) atoms. The molecule has 0 N–H and O–H groups in total. The predicted molar refractivity (Wildman–Crippen MR) is 311 cm³/mol. The van der Waals surface area contributed by atoms with Crippen molar-refractivity contribution in [2.45, 2.75) is 0 Å². The summed E-state index contributed by atoms with van der Waals surface area (Å²) in [6.45, 7) is 0. The number of hydrogen-bond donors (Lipinski definition) is 0. The van der Waals surface area contributed by atoms with Gasteiger partial charge in [0.15, 0.2) is 11.6 Å². The molecule has 9 nitrogen and oxygen atoms in total. The van der Waals surface area contributed by atoms with Gasteiger partial charge in [-0.05, 0) is 89.5 Å². The summed E-state index contributed by atoms with van der Waals surface area (Å²) >= 11 is 0. The second kappa shape index (κ2) is 17.0. The van der Waals surface area contributed by atoms with E-state index >= 15 is 0 Å². The highest BCUT2D eigenvalue weighted by Crippen LogP contribution is 2.44. The first-order chi connectivity index (χ1) is 38.6. The maximum absolute atomic E-state index is 11.4. The van der Waals surface area contributed by atoms with Crippen LogP contribution in [0.15, 0.2) is 224 Å². The van der Waals surface area contributed by atoms with Gasteiger partial charge in [0.05, 0.1) is 66.6 Å². The highest BCUT2D eigenvalue weighted by atomic mass is 15.1. The van der Waals surface area contributed by atoms with Gasteiger partial charge in [-0.1, -0.05) is 152 Å². The molecule has 0 aliphatic heterocycles. The van der Waals surface area contributed by atoms with Crippen LogP contribution in [0.2, 0.25) is 0 Å². The Morgan fingerprint density at radius 3 is 0.962 bits per heavy atom. The molecule has 0 saturated heterocycles. The fraction of sp³-hybridized carbons (Fsp3) is 0. The maximum Gasteiger partial charge on any atom is 0.158 e. The lowest BCUT2D eigenvalue weighted by molar-refractivity contribution is 1.00. The van der Waals surface area contributed by atoms with Crippen LogP contribution in [0.5, 0.6) is 0 Å². The first-order valence-corrected chi connectivity index (χ1v) is 25.5. The van der Waals surface area contributed by atoms with Crippen molar-refractivity contribution in [3.8, 4) is 69.5 Å². The average Bonchev–Trinajstić information content (AvgIpc) is 4.24. The second-order valence-corrected chi connectivity index (χ2v) is 19.5. The van der Waals surface area contributed by atoms with Crippen LogP contribution in [0.3, 0.4) is 0 Å². The Morgan fingerprint density at radius 2 is 0.590 bits per heavy atom. The number of fused-ring (bicyclic) bond motifs is 12. The highest BCUT2D eigenvalue weighted by molar-refractivity contribution is 6.14. The Bertz CT molecular complexity index is 5160. The van der Waals surface area contributed by atoms with Gasteiger partial charge in [-0.15, -0.1) is 0 Å². The molecule has 0 unspecified atom stereocenters.